The van der Waals surface area contributed by atoms with Crippen molar-refractivity contribution in [3.8, 4) is 67.3 Å². The molecule has 2 aromatic heterocycles. The van der Waals surface area contributed by atoms with E-state index in [9.17, 15) is 0 Å². The molecule has 1 aliphatic rings. The quantitative estimate of drug-likeness (QED) is 0.191. The van der Waals surface area contributed by atoms with Gasteiger partial charge in [0.15, 0.2) is 5.82 Å². The minimum absolute atomic E-state index is 0.0770. The lowest BCUT2D eigenvalue weighted by Crippen LogP contribution is -2.14. The van der Waals surface area contributed by atoms with Crippen molar-refractivity contribution in [1.82, 2.24) is 15.0 Å². The summed E-state index contributed by atoms with van der Waals surface area (Å²) in [5, 5.41) is 2.56. The molecule has 0 spiro atoms. The molecule has 232 valence electrons. The Labute approximate surface area is 286 Å². The Morgan fingerprint density at radius 1 is 0.408 bits per heavy atom. The number of hydrogen-bond donors (Lipinski definition) is 0. The smallest absolute Gasteiger partial charge is 0.160 e. The van der Waals surface area contributed by atoms with E-state index in [4.69, 9.17) is 9.97 Å². The van der Waals surface area contributed by atoms with E-state index in [1.54, 1.807) is 0 Å². The summed E-state index contributed by atoms with van der Waals surface area (Å²) in [5.41, 5.74) is 15.0. The molecule has 6 aromatic carbocycles. The van der Waals surface area contributed by atoms with Crippen molar-refractivity contribution in [3.63, 3.8) is 0 Å². The van der Waals surface area contributed by atoms with E-state index >= 15 is 0 Å². The van der Waals surface area contributed by atoms with Crippen molar-refractivity contribution in [1.29, 1.82) is 0 Å². The van der Waals surface area contributed by atoms with Crippen molar-refractivity contribution >= 4 is 10.8 Å². The van der Waals surface area contributed by atoms with Crippen LogP contribution in [0.5, 0.6) is 0 Å². The Kier molecular flexibility index (Phi) is 6.80. The maximum atomic E-state index is 5.08. The van der Waals surface area contributed by atoms with E-state index in [0.717, 1.165) is 39.2 Å². The predicted molar refractivity (Wildman–Crippen MR) is 202 cm³/mol. The Hall–Kier alpha value is -6.19. The second-order valence-corrected chi connectivity index (χ2v) is 13.3. The monoisotopic (exact) mass is 627 g/mol. The third kappa shape index (κ3) is 5.03. The lowest BCUT2D eigenvalue weighted by Gasteiger charge is -2.22. The third-order valence-electron chi connectivity index (χ3n) is 10.0. The number of rotatable bonds is 5. The molecule has 0 fully saturated rings. The van der Waals surface area contributed by atoms with Crippen LogP contribution >= 0.6 is 0 Å². The molecule has 0 unspecified atom stereocenters. The first-order valence-electron chi connectivity index (χ1n) is 16.8. The van der Waals surface area contributed by atoms with Crippen molar-refractivity contribution < 1.29 is 0 Å². The standard InChI is InChI=1S/C46H33N3/c1-46(2)40-14-8-13-38(44(40)39-27-36-11-6-7-12-37(36)28-41(39)46)32-17-21-34(22-18-32)43-29-42(48-45(49-43)35-9-4-3-5-10-35)33-19-15-30(16-20-33)31-23-25-47-26-24-31/h3-29H,1-2H3. The van der Waals surface area contributed by atoms with E-state index in [1.165, 1.54) is 44.2 Å². The van der Waals surface area contributed by atoms with Gasteiger partial charge in [-0.2, -0.15) is 0 Å². The molecule has 1 aliphatic carbocycles. The number of benzene rings is 6. The van der Waals surface area contributed by atoms with Crippen molar-refractivity contribution in [3.05, 3.63) is 175 Å². The first-order chi connectivity index (χ1) is 24.0. The fourth-order valence-corrected chi connectivity index (χ4v) is 7.37. The molecule has 0 atom stereocenters. The minimum Gasteiger partial charge on any atom is -0.265 e. The van der Waals surface area contributed by atoms with Crippen LogP contribution in [0.25, 0.3) is 78.1 Å². The molecule has 0 aliphatic heterocycles. The second kappa shape index (κ2) is 11.5. The van der Waals surface area contributed by atoms with Crippen LogP contribution in [0.1, 0.15) is 25.0 Å². The van der Waals surface area contributed by atoms with Crippen molar-refractivity contribution in [2.24, 2.45) is 0 Å². The third-order valence-corrected chi connectivity index (χ3v) is 10.0. The fourth-order valence-electron chi connectivity index (χ4n) is 7.37. The van der Waals surface area contributed by atoms with Gasteiger partial charge in [0.2, 0.25) is 0 Å². The summed E-state index contributed by atoms with van der Waals surface area (Å²) in [5.74, 6) is 0.710. The summed E-state index contributed by atoms with van der Waals surface area (Å²) in [6.45, 7) is 4.70. The first-order valence-corrected chi connectivity index (χ1v) is 16.8. The number of nitrogens with zero attached hydrogens (tertiary/aromatic N) is 3. The summed E-state index contributed by atoms with van der Waals surface area (Å²) in [4.78, 5) is 14.3. The Morgan fingerprint density at radius 3 is 1.65 bits per heavy atom. The molecule has 0 radical (unpaired) electrons. The van der Waals surface area contributed by atoms with Crippen LogP contribution in [0.3, 0.4) is 0 Å². The van der Waals surface area contributed by atoms with Gasteiger partial charge in [0, 0.05) is 34.5 Å². The van der Waals surface area contributed by atoms with Crippen LogP contribution in [0.4, 0.5) is 0 Å². The van der Waals surface area contributed by atoms with Gasteiger partial charge >= 0.3 is 0 Å². The Bertz CT molecular complexity index is 2480. The van der Waals surface area contributed by atoms with E-state index in [0.29, 0.717) is 5.82 Å². The predicted octanol–water partition coefficient (Wildman–Crippen LogP) is 11.7. The summed E-state index contributed by atoms with van der Waals surface area (Å²) >= 11 is 0. The molecule has 3 heteroatoms. The van der Waals surface area contributed by atoms with Crippen molar-refractivity contribution in [2.45, 2.75) is 19.3 Å². The maximum Gasteiger partial charge on any atom is 0.160 e. The molecule has 0 amide bonds. The lowest BCUT2D eigenvalue weighted by molar-refractivity contribution is 0.661. The minimum atomic E-state index is -0.0770. The molecule has 49 heavy (non-hydrogen) atoms. The van der Waals surface area contributed by atoms with Gasteiger partial charge in [-0.1, -0.05) is 135 Å². The highest BCUT2D eigenvalue weighted by atomic mass is 14.9. The molecular weight excluding hydrogens is 595 g/mol. The van der Waals surface area contributed by atoms with Crippen LogP contribution in [0.15, 0.2) is 164 Å². The van der Waals surface area contributed by atoms with E-state index in [2.05, 4.69) is 140 Å². The molecule has 0 bridgehead atoms. The summed E-state index contributed by atoms with van der Waals surface area (Å²) < 4.78 is 0. The van der Waals surface area contributed by atoms with Crippen molar-refractivity contribution in [2.75, 3.05) is 0 Å². The summed E-state index contributed by atoms with van der Waals surface area (Å²) in [6.07, 6.45) is 3.65. The maximum absolute atomic E-state index is 5.08. The molecule has 8 aromatic rings. The second-order valence-electron chi connectivity index (χ2n) is 13.3. The highest BCUT2D eigenvalue weighted by Gasteiger charge is 2.37. The average molecular weight is 628 g/mol. The fraction of sp³-hybridized carbons (Fsp3) is 0.0652. The molecule has 3 nitrogen and oxygen atoms in total. The van der Waals surface area contributed by atoms with Gasteiger partial charge in [0.05, 0.1) is 11.4 Å². The van der Waals surface area contributed by atoms with Gasteiger partial charge in [0.1, 0.15) is 0 Å². The Balaban J connectivity index is 1.12. The largest absolute Gasteiger partial charge is 0.265 e. The summed E-state index contributed by atoms with van der Waals surface area (Å²) in [7, 11) is 0. The van der Waals surface area contributed by atoms with Crippen LogP contribution < -0.4 is 0 Å². The molecular formula is C46H33N3. The average Bonchev–Trinajstić information content (AvgIpc) is 3.39. The van der Waals surface area contributed by atoms with Crippen LogP contribution in [-0.2, 0) is 5.41 Å². The van der Waals surface area contributed by atoms with E-state index in [1.807, 2.05) is 42.7 Å². The zero-order valence-electron chi connectivity index (χ0n) is 27.4. The molecule has 0 saturated carbocycles. The number of fused-ring (bicyclic) bond motifs is 4. The molecule has 2 heterocycles. The molecule has 9 rings (SSSR count). The SMILES string of the molecule is CC1(C)c2cc3ccccc3cc2-c2c(-c3ccc(-c4cc(-c5ccc(-c6ccncc6)cc5)nc(-c5ccccc5)n4)cc3)cccc21. The lowest BCUT2D eigenvalue weighted by atomic mass is 9.81. The number of hydrogen-bond acceptors (Lipinski definition) is 3. The van der Waals surface area contributed by atoms with Gasteiger partial charge in [0.25, 0.3) is 0 Å². The van der Waals surface area contributed by atoms with Crippen LogP contribution in [-0.4, -0.2) is 15.0 Å². The number of aromatic nitrogens is 3. The van der Waals surface area contributed by atoms with E-state index in [-0.39, 0.29) is 5.41 Å². The van der Waals surface area contributed by atoms with Gasteiger partial charge in [-0.25, -0.2) is 9.97 Å². The van der Waals surface area contributed by atoms with Gasteiger partial charge in [-0.05, 0) is 85.6 Å². The van der Waals surface area contributed by atoms with Crippen LogP contribution in [0, 0.1) is 0 Å². The van der Waals surface area contributed by atoms with Gasteiger partial charge in [-0.15, -0.1) is 0 Å². The molecule has 0 N–H and O–H groups in total. The number of pyridine rings is 1. The first kappa shape index (κ1) is 29.0. The zero-order chi connectivity index (χ0) is 33.0. The topological polar surface area (TPSA) is 38.7 Å². The normalized spacial score (nSPS) is 12.9. The van der Waals surface area contributed by atoms with Gasteiger partial charge in [-0.3, -0.25) is 4.98 Å². The zero-order valence-corrected chi connectivity index (χ0v) is 27.4. The van der Waals surface area contributed by atoms with Gasteiger partial charge < -0.3 is 0 Å². The summed E-state index contributed by atoms with van der Waals surface area (Å²) in [6, 6.07) is 54.0. The highest BCUT2D eigenvalue weighted by Crippen LogP contribution is 2.53. The van der Waals surface area contributed by atoms with Crippen LogP contribution in [0.2, 0.25) is 0 Å². The Morgan fingerprint density at radius 2 is 0.980 bits per heavy atom. The molecule has 0 saturated heterocycles. The highest BCUT2D eigenvalue weighted by molar-refractivity contribution is 5.98. The van der Waals surface area contributed by atoms with E-state index < -0.39 is 0 Å².